The van der Waals surface area contributed by atoms with Crippen molar-refractivity contribution < 1.29 is 23.0 Å². The van der Waals surface area contributed by atoms with E-state index in [4.69, 9.17) is 26.8 Å². The maximum Gasteiger partial charge on any atom is 0.246 e. The van der Waals surface area contributed by atoms with Gasteiger partial charge in [0.1, 0.15) is 17.1 Å². The van der Waals surface area contributed by atoms with Crippen LogP contribution in [0.3, 0.4) is 0 Å². The highest BCUT2D eigenvalue weighted by Crippen LogP contribution is 2.34. The van der Waals surface area contributed by atoms with Crippen molar-refractivity contribution in [3.05, 3.63) is 52.3 Å². The number of ether oxygens (including phenoxy) is 2. The molecule has 1 aliphatic rings. The molecule has 1 atom stereocenters. The molecule has 38 heavy (non-hydrogen) atoms. The van der Waals surface area contributed by atoms with E-state index >= 15 is 0 Å². The summed E-state index contributed by atoms with van der Waals surface area (Å²) in [5.41, 5.74) is 6.24. The van der Waals surface area contributed by atoms with E-state index in [1.165, 1.54) is 20.4 Å². The van der Waals surface area contributed by atoms with Crippen molar-refractivity contribution in [1.82, 2.24) is 24.6 Å². The van der Waals surface area contributed by atoms with Crippen molar-refractivity contribution in [2.45, 2.75) is 12.5 Å². The molecule has 0 spiro atoms. The molecule has 2 aromatic heterocycles. The molecule has 1 amide bonds. The first-order valence-corrected chi connectivity index (χ1v) is 12.1. The number of nitrogen functional groups attached to an aromatic ring is 1. The first kappa shape index (κ1) is 27.2. The zero-order valence-corrected chi connectivity index (χ0v) is 22.1. The third-order valence-electron chi connectivity index (χ3n) is 6.14. The van der Waals surface area contributed by atoms with Gasteiger partial charge >= 0.3 is 0 Å². The number of likely N-dealkylation sites (N-methyl/N-ethyl adjacent to an activating group) is 1. The number of anilines is 1. The van der Waals surface area contributed by atoms with Gasteiger partial charge in [-0.3, -0.25) is 9.48 Å². The summed E-state index contributed by atoms with van der Waals surface area (Å²) in [5.74, 6) is 2.86. The second-order valence-electron chi connectivity index (χ2n) is 8.93. The predicted molar refractivity (Wildman–Crippen MR) is 140 cm³/mol. The number of nitrogens with two attached hydrogens (primary N) is 1. The second-order valence-corrected chi connectivity index (χ2v) is 9.34. The van der Waals surface area contributed by atoms with E-state index in [9.17, 15) is 13.6 Å². The fourth-order valence-corrected chi connectivity index (χ4v) is 4.47. The number of rotatable bonds is 6. The van der Waals surface area contributed by atoms with Crippen LogP contribution in [-0.4, -0.2) is 78.4 Å². The molecule has 0 saturated carbocycles. The van der Waals surface area contributed by atoms with Gasteiger partial charge in [0.25, 0.3) is 0 Å². The molecule has 4 rings (SSSR count). The lowest BCUT2D eigenvalue weighted by atomic mass is 10.1. The van der Waals surface area contributed by atoms with Gasteiger partial charge in [0, 0.05) is 31.8 Å². The number of halogens is 3. The number of carbonyl (C=O) groups is 1. The van der Waals surface area contributed by atoms with E-state index in [1.54, 1.807) is 15.7 Å². The molecule has 9 nitrogen and oxygen atoms in total. The maximum absolute atomic E-state index is 14.9. The fourth-order valence-electron chi connectivity index (χ4n) is 4.24. The summed E-state index contributed by atoms with van der Waals surface area (Å²) in [6.45, 7) is 1.57. The Hall–Kier alpha value is -3.88. The summed E-state index contributed by atoms with van der Waals surface area (Å²) >= 11 is 6.49. The van der Waals surface area contributed by atoms with Crippen molar-refractivity contribution >= 4 is 34.2 Å². The van der Waals surface area contributed by atoms with Crippen LogP contribution in [0, 0.1) is 23.5 Å². The molecule has 0 radical (unpaired) electrons. The summed E-state index contributed by atoms with van der Waals surface area (Å²) < 4.78 is 41.3. The quantitative estimate of drug-likeness (QED) is 0.376. The van der Waals surface area contributed by atoms with Gasteiger partial charge in [-0.05, 0) is 26.4 Å². The van der Waals surface area contributed by atoms with E-state index in [-0.39, 0.29) is 40.0 Å². The number of pyridine rings is 1. The lowest BCUT2D eigenvalue weighted by Gasteiger charge is -2.16. The molecular weight excluding hydrogens is 518 g/mol. The maximum atomic E-state index is 14.9. The highest BCUT2D eigenvalue weighted by Gasteiger charge is 2.30. The lowest BCUT2D eigenvalue weighted by Crippen LogP contribution is -2.27. The number of fused-ring (bicyclic) bond motifs is 1. The Morgan fingerprint density at radius 3 is 2.58 bits per heavy atom. The van der Waals surface area contributed by atoms with Gasteiger partial charge in [-0.15, -0.1) is 0 Å². The van der Waals surface area contributed by atoms with E-state index < -0.39 is 17.2 Å². The minimum atomic E-state index is -0.974. The molecule has 200 valence electrons. The third-order valence-corrected chi connectivity index (χ3v) is 6.42. The molecular formula is C26H27ClF2N6O3. The van der Waals surface area contributed by atoms with Crippen molar-refractivity contribution in [2.75, 3.05) is 53.7 Å². The molecule has 2 N–H and O–H groups in total. The van der Waals surface area contributed by atoms with Gasteiger partial charge in [-0.2, -0.15) is 5.10 Å². The number of hydrogen-bond donors (Lipinski definition) is 1. The van der Waals surface area contributed by atoms with Crippen LogP contribution in [-0.2, 0) is 4.79 Å². The number of aromatic nitrogens is 3. The number of carbonyl (C=O) groups excluding carboxylic acids is 1. The van der Waals surface area contributed by atoms with Crippen LogP contribution in [0.1, 0.15) is 23.7 Å². The molecule has 1 aromatic carbocycles. The summed E-state index contributed by atoms with van der Waals surface area (Å²) in [5, 5.41) is 5.24. The number of benzene rings is 1. The van der Waals surface area contributed by atoms with Crippen LogP contribution in [0.4, 0.5) is 14.6 Å². The Labute approximate surface area is 223 Å². The van der Waals surface area contributed by atoms with Gasteiger partial charge in [0.15, 0.2) is 23.1 Å². The van der Waals surface area contributed by atoms with Crippen LogP contribution in [0.2, 0.25) is 5.02 Å². The molecule has 0 aliphatic carbocycles. The fraction of sp³-hybridized carbons (Fsp3) is 0.346. The molecule has 3 heterocycles. The lowest BCUT2D eigenvalue weighted by molar-refractivity contribution is -0.125. The van der Waals surface area contributed by atoms with Crippen LogP contribution in [0.5, 0.6) is 11.5 Å². The summed E-state index contributed by atoms with van der Waals surface area (Å²) in [6, 6.07) is 0.883. The first-order chi connectivity index (χ1) is 18.2. The number of likely N-dealkylation sites (tertiary alicyclic amines) is 1. The van der Waals surface area contributed by atoms with Gasteiger partial charge in [-0.25, -0.2) is 13.8 Å². The Morgan fingerprint density at radius 2 is 1.95 bits per heavy atom. The Balaban J connectivity index is 1.74. The summed E-state index contributed by atoms with van der Waals surface area (Å²) in [6.07, 6.45) is 5.39. The largest absolute Gasteiger partial charge is 0.493 e. The van der Waals surface area contributed by atoms with Crippen molar-refractivity contribution in [3.63, 3.8) is 0 Å². The molecule has 12 heteroatoms. The first-order valence-electron chi connectivity index (χ1n) is 11.7. The van der Waals surface area contributed by atoms with E-state index in [0.717, 1.165) is 6.07 Å². The minimum Gasteiger partial charge on any atom is -0.493 e. The monoisotopic (exact) mass is 544 g/mol. The molecule has 1 fully saturated rings. The zero-order chi connectivity index (χ0) is 27.6. The Kier molecular flexibility index (Phi) is 8.04. The second kappa shape index (κ2) is 11.2. The Bertz CT molecular complexity index is 1450. The number of hydrogen-bond acceptors (Lipinski definition) is 7. The van der Waals surface area contributed by atoms with Crippen molar-refractivity contribution in [1.29, 1.82) is 0 Å². The SMILES string of the molecule is COc1cc(OC)c(F)c(C#Cc2nn(C3CCN(C(=O)C=CCN(C)C)C3)c3c(Cl)cnc(N)c23)c1F. The van der Waals surface area contributed by atoms with Crippen molar-refractivity contribution in [2.24, 2.45) is 0 Å². The summed E-state index contributed by atoms with van der Waals surface area (Å²) in [4.78, 5) is 20.4. The normalized spacial score (nSPS) is 15.4. The van der Waals surface area contributed by atoms with Gasteiger partial charge in [0.05, 0.1) is 42.4 Å². The Morgan fingerprint density at radius 1 is 1.26 bits per heavy atom. The van der Waals surface area contributed by atoms with E-state index in [2.05, 4.69) is 21.9 Å². The third kappa shape index (κ3) is 5.23. The highest BCUT2D eigenvalue weighted by molar-refractivity contribution is 6.35. The van der Waals surface area contributed by atoms with Crippen molar-refractivity contribution in [3.8, 4) is 23.3 Å². The van der Waals surface area contributed by atoms with Crippen LogP contribution in [0.25, 0.3) is 10.9 Å². The van der Waals surface area contributed by atoms with Crippen LogP contribution in [0.15, 0.2) is 24.4 Å². The highest BCUT2D eigenvalue weighted by atomic mass is 35.5. The minimum absolute atomic E-state index is 0.101. The predicted octanol–water partition coefficient (Wildman–Crippen LogP) is 3.25. The zero-order valence-electron chi connectivity index (χ0n) is 21.4. The molecule has 1 unspecified atom stereocenters. The molecule has 1 aliphatic heterocycles. The number of amides is 1. The van der Waals surface area contributed by atoms with Gasteiger partial charge in [0.2, 0.25) is 5.91 Å². The standard InChI is InChI=1S/C26H27ClF2N6O3/c1-33(2)10-5-6-21(36)34-11-9-15(14-34)35-25-17(27)13-31-26(30)22(25)18(32-35)8-7-16-23(28)19(37-3)12-20(38-4)24(16)29/h5-6,12-13,15H,9-11,14H2,1-4H3,(H2,30,31). The molecule has 0 bridgehead atoms. The summed E-state index contributed by atoms with van der Waals surface area (Å²) in [7, 11) is 6.35. The van der Waals surface area contributed by atoms with Gasteiger partial charge < -0.3 is 25.0 Å². The van der Waals surface area contributed by atoms with Crippen LogP contribution < -0.4 is 15.2 Å². The average Bonchev–Trinajstić information content (AvgIpc) is 3.52. The van der Waals surface area contributed by atoms with Gasteiger partial charge in [-0.1, -0.05) is 23.6 Å². The van der Waals surface area contributed by atoms with E-state index in [1.807, 2.05) is 25.1 Å². The smallest absolute Gasteiger partial charge is 0.246 e. The number of nitrogens with zero attached hydrogens (tertiary/aromatic N) is 5. The average molecular weight is 545 g/mol. The van der Waals surface area contributed by atoms with Crippen LogP contribution >= 0.6 is 11.6 Å². The van der Waals surface area contributed by atoms with E-state index in [0.29, 0.717) is 37.0 Å². The molecule has 3 aromatic rings. The topological polar surface area (TPSA) is 98.7 Å². The molecule has 1 saturated heterocycles. The number of methoxy groups -OCH3 is 2.